The van der Waals surface area contributed by atoms with E-state index in [1.54, 1.807) is 13.8 Å². The van der Waals surface area contributed by atoms with Crippen molar-refractivity contribution in [3.8, 4) is 0 Å². The Morgan fingerprint density at radius 1 is 0.957 bits per heavy atom. The van der Waals surface area contributed by atoms with E-state index in [0.717, 1.165) is 24.7 Å². The second-order valence-corrected chi connectivity index (χ2v) is 19.1. The highest BCUT2D eigenvalue weighted by Crippen LogP contribution is 2.87. The van der Waals surface area contributed by atoms with Crippen molar-refractivity contribution in [3.63, 3.8) is 0 Å². The van der Waals surface area contributed by atoms with Gasteiger partial charge in [-0.25, -0.2) is 0 Å². The Morgan fingerprint density at radius 3 is 2.47 bits per heavy atom. The van der Waals surface area contributed by atoms with Gasteiger partial charge in [0.25, 0.3) is 0 Å². The fourth-order valence-corrected chi connectivity index (χ4v) is 13.2. The first-order chi connectivity index (χ1) is 22.2. The first-order valence-corrected chi connectivity index (χ1v) is 19.4. The number of rotatable bonds is 8. The van der Waals surface area contributed by atoms with Crippen molar-refractivity contribution in [2.45, 2.75) is 148 Å². The summed E-state index contributed by atoms with van der Waals surface area (Å²) in [4.78, 5) is 28.7. The largest absolute Gasteiger partial charge is 0.480 e. The number of ether oxygens (including phenoxy) is 3. The summed E-state index contributed by atoms with van der Waals surface area (Å²) >= 11 is 0. The maximum Gasteiger partial charge on any atom is 0.323 e. The lowest BCUT2D eigenvalue weighted by atomic mass is 9.46. The number of hydrogen-bond donors (Lipinski definition) is 1. The van der Waals surface area contributed by atoms with Crippen molar-refractivity contribution in [1.29, 1.82) is 0 Å². The van der Waals surface area contributed by atoms with E-state index in [1.165, 1.54) is 64.2 Å². The van der Waals surface area contributed by atoms with Crippen LogP contribution < -0.4 is 0 Å². The molecule has 8 aliphatic rings. The van der Waals surface area contributed by atoms with Crippen molar-refractivity contribution >= 4 is 11.9 Å². The molecule has 8 rings (SSSR count). The Hall–Kier alpha value is -1.22. The fourth-order valence-electron chi connectivity index (χ4n) is 13.2. The van der Waals surface area contributed by atoms with E-state index < -0.39 is 11.5 Å². The maximum atomic E-state index is 12.9. The zero-order valence-corrected chi connectivity index (χ0v) is 30.1. The Labute approximate surface area is 283 Å². The fraction of sp³-hybridized carbons (Fsp3) is 0.949. The minimum atomic E-state index is -0.892. The topological polar surface area (TPSA) is 88.5 Å². The summed E-state index contributed by atoms with van der Waals surface area (Å²) in [6, 6.07) is 0. The summed E-state index contributed by atoms with van der Waals surface area (Å²) in [5.41, 5.74) is 0.520. The van der Waals surface area contributed by atoms with Crippen molar-refractivity contribution < 1.29 is 28.9 Å². The number of carbonyl (C=O) groups excluding carboxylic acids is 1. The van der Waals surface area contributed by atoms with Crippen LogP contribution in [0.5, 0.6) is 0 Å². The van der Waals surface area contributed by atoms with E-state index in [1.807, 2.05) is 16.8 Å². The van der Waals surface area contributed by atoms with Crippen molar-refractivity contribution in [3.05, 3.63) is 0 Å². The number of morpholine rings is 1. The monoisotopic (exact) mass is 654 g/mol. The molecule has 2 heterocycles. The van der Waals surface area contributed by atoms with Gasteiger partial charge in [-0.3, -0.25) is 14.5 Å². The summed E-state index contributed by atoms with van der Waals surface area (Å²) in [5, 5.41) is 9.75. The zero-order valence-electron chi connectivity index (χ0n) is 30.1. The number of fused-ring (bicyclic) bond motifs is 4. The molecule has 6 aliphatic carbocycles. The van der Waals surface area contributed by atoms with Gasteiger partial charge in [-0.2, -0.15) is 0 Å². The van der Waals surface area contributed by atoms with E-state index >= 15 is 0 Å². The molecule has 0 aromatic rings. The normalized spacial score (nSPS) is 46.9. The van der Waals surface area contributed by atoms with E-state index in [-0.39, 0.29) is 29.8 Å². The molecule has 8 heteroatoms. The zero-order chi connectivity index (χ0) is 33.1. The number of hydrogen-bond acceptors (Lipinski definition) is 6. The van der Waals surface area contributed by atoms with E-state index in [2.05, 4.69) is 20.8 Å². The van der Waals surface area contributed by atoms with E-state index in [0.29, 0.717) is 72.8 Å². The van der Waals surface area contributed by atoms with Crippen LogP contribution in [0.15, 0.2) is 0 Å². The predicted octanol–water partition coefficient (Wildman–Crippen LogP) is 6.36. The average molecular weight is 655 g/mol. The lowest BCUT2D eigenvalue weighted by molar-refractivity contribution is -0.244. The van der Waals surface area contributed by atoms with Gasteiger partial charge in [0.05, 0.1) is 31.5 Å². The smallest absolute Gasteiger partial charge is 0.323 e. The molecule has 0 bridgehead atoms. The number of carboxylic acids is 1. The highest BCUT2D eigenvalue weighted by atomic mass is 16.7. The highest BCUT2D eigenvalue weighted by molar-refractivity contribution is 5.77. The molecule has 264 valence electrons. The first kappa shape index (κ1) is 33.0. The Morgan fingerprint density at radius 2 is 1.72 bits per heavy atom. The minimum Gasteiger partial charge on any atom is -0.480 e. The molecule has 2 aliphatic heterocycles. The second kappa shape index (κ2) is 11.1. The number of likely N-dealkylation sites (N-methyl/N-ethyl adjacent to an activating group) is 1. The van der Waals surface area contributed by atoms with Crippen LogP contribution in [-0.4, -0.2) is 90.2 Å². The molecular weight excluding hydrogens is 592 g/mol. The van der Waals surface area contributed by atoms with Gasteiger partial charge in [0.1, 0.15) is 5.54 Å². The van der Waals surface area contributed by atoms with Gasteiger partial charge >= 0.3 is 5.97 Å². The summed E-state index contributed by atoms with van der Waals surface area (Å²) < 4.78 is 19.9. The van der Waals surface area contributed by atoms with Crippen LogP contribution in [-0.2, 0) is 23.8 Å². The van der Waals surface area contributed by atoms with Crippen LogP contribution in [0.25, 0.3) is 0 Å². The van der Waals surface area contributed by atoms with Crippen LogP contribution >= 0.6 is 0 Å². The van der Waals surface area contributed by atoms with Crippen LogP contribution in [0, 0.1) is 51.2 Å². The summed E-state index contributed by atoms with van der Waals surface area (Å²) in [6.07, 6.45) is 16.0. The van der Waals surface area contributed by atoms with Crippen LogP contribution in [0.3, 0.4) is 0 Å². The van der Waals surface area contributed by atoms with Gasteiger partial charge in [-0.15, -0.1) is 0 Å². The van der Waals surface area contributed by atoms with Gasteiger partial charge < -0.3 is 24.2 Å². The van der Waals surface area contributed by atoms with Gasteiger partial charge in [0.2, 0.25) is 5.91 Å². The molecule has 0 radical (unpaired) electrons. The second-order valence-electron chi connectivity index (χ2n) is 19.1. The molecule has 2 saturated heterocycles. The Balaban J connectivity index is 0.929. The van der Waals surface area contributed by atoms with Crippen molar-refractivity contribution in [2.24, 2.45) is 51.2 Å². The lowest BCUT2D eigenvalue weighted by Crippen LogP contribution is -2.56. The number of aliphatic carboxylic acids is 1. The molecule has 1 amide bonds. The van der Waals surface area contributed by atoms with Crippen LogP contribution in [0.2, 0.25) is 0 Å². The van der Waals surface area contributed by atoms with Crippen molar-refractivity contribution in [1.82, 2.24) is 9.80 Å². The molecule has 0 aromatic heterocycles. The molecule has 2 spiro atoms. The first-order valence-electron chi connectivity index (χ1n) is 19.4. The number of carboxylic acid groups (broad SMARTS) is 1. The van der Waals surface area contributed by atoms with Crippen LogP contribution in [0.4, 0.5) is 0 Å². The predicted molar refractivity (Wildman–Crippen MR) is 178 cm³/mol. The number of carbonyl (C=O) groups is 2. The molecule has 11 atom stereocenters. The standard InChI is InChI=1S/C39H62N2O6/c1-35(2)30-12-11-26-28-20-29-27(10-9-25(46-29)21-40(6)36(3,4)34(43)44)37(28,5)15-16-38(26)23-39(30,38)14-13-31(35)47-33-22-41(17-18-45-33)32(42)19-24-7-8-24/h24-31,33H,7-23H2,1-6H3,(H,43,44)/t25?,26?,27?,28?,29?,30?,31-,33?,37+,38?,39?/m0/s1. The Kier molecular flexibility index (Phi) is 7.81. The summed E-state index contributed by atoms with van der Waals surface area (Å²) in [5.74, 6) is 2.99. The summed E-state index contributed by atoms with van der Waals surface area (Å²) in [6.45, 7) is 13.7. The lowest BCUT2D eigenvalue weighted by Gasteiger charge is -2.60. The molecule has 8 fully saturated rings. The average Bonchev–Trinajstić information content (AvgIpc) is 3.94. The van der Waals surface area contributed by atoms with Crippen LogP contribution in [0.1, 0.15) is 118 Å². The third-order valence-corrected chi connectivity index (χ3v) is 16.4. The van der Waals surface area contributed by atoms with Gasteiger partial charge in [-0.05, 0) is 149 Å². The molecule has 0 aromatic carbocycles. The molecule has 47 heavy (non-hydrogen) atoms. The molecule has 6 saturated carbocycles. The molecular formula is C39H62N2O6. The molecule has 8 nitrogen and oxygen atoms in total. The highest BCUT2D eigenvalue weighted by Gasteiger charge is 2.80. The number of nitrogens with zero attached hydrogens (tertiary/aromatic N) is 2. The van der Waals surface area contributed by atoms with Gasteiger partial charge in [0, 0.05) is 19.5 Å². The Bertz CT molecular complexity index is 1270. The van der Waals surface area contributed by atoms with Gasteiger partial charge in [-0.1, -0.05) is 20.8 Å². The minimum absolute atomic E-state index is 0.0902. The SMILES string of the molecule is CN(CC1CCC2C(CC3C4CCC5C(C)(C)[C@@H](OC6CN(C(=O)CC7CC7)CCO6)CCC56CC46CC[C@]23C)O1)C(C)(C)C(=O)O. The van der Waals surface area contributed by atoms with Crippen molar-refractivity contribution in [2.75, 3.05) is 33.3 Å². The van der Waals surface area contributed by atoms with E-state index in [4.69, 9.17) is 14.2 Å². The maximum absolute atomic E-state index is 12.9. The third kappa shape index (κ3) is 5.02. The molecule has 1 N–H and O–H groups in total. The number of amides is 1. The quantitative estimate of drug-likeness (QED) is 0.326. The van der Waals surface area contributed by atoms with E-state index in [9.17, 15) is 14.7 Å². The molecule has 9 unspecified atom stereocenters. The summed E-state index contributed by atoms with van der Waals surface area (Å²) in [7, 11) is 1.93. The third-order valence-electron chi connectivity index (χ3n) is 16.4. The van der Waals surface area contributed by atoms with Gasteiger partial charge in [0.15, 0.2) is 6.29 Å².